The third-order valence-corrected chi connectivity index (χ3v) is 8.30. The van der Waals surface area contributed by atoms with E-state index in [4.69, 9.17) is 22.1 Å². The van der Waals surface area contributed by atoms with Crippen LogP contribution in [0, 0.1) is 6.92 Å². The second-order valence-corrected chi connectivity index (χ2v) is 11.6. The minimum Gasteiger partial charge on any atom is -0.465 e. The number of rotatable bonds is 9. The number of hydrogen-bond donors (Lipinski definition) is 2. The molecule has 1 aromatic heterocycles. The summed E-state index contributed by atoms with van der Waals surface area (Å²) in [5.74, 6) is -0.726. The maximum Gasteiger partial charge on any atom is 0.573 e. The number of para-hydroxylation sites is 1. The van der Waals surface area contributed by atoms with Crippen molar-refractivity contribution in [1.29, 1.82) is 0 Å². The highest BCUT2D eigenvalue weighted by Crippen LogP contribution is 2.35. The lowest BCUT2D eigenvalue weighted by Gasteiger charge is -2.27. The third kappa shape index (κ3) is 6.83. The number of carbonyl (C=O) groups is 1. The molecule has 0 bridgehead atoms. The smallest absolute Gasteiger partial charge is 0.465 e. The van der Waals surface area contributed by atoms with E-state index in [0.717, 1.165) is 10.4 Å². The van der Waals surface area contributed by atoms with Gasteiger partial charge < -0.3 is 20.5 Å². The molecule has 4 aromatic rings. The molecule has 0 amide bonds. The normalized spacial score (nSPS) is 12.8. The Morgan fingerprint density at radius 1 is 1.12 bits per heavy atom. The zero-order valence-electron chi connectivity index (χ0n) is 22.4. The van der Waals surface area contributed by atoms with Gasteiger partial charge in [0.05, 0.1) is 34.1 Å². The molecule has 1 heterocycles. The van der Waals surface area contributed by atoms with Crippen molar-refractivity contribution in [3.8, 4) is 5.75 Å². The number of sulfonamides is 1. The largest absolute Gasteiger partial charge is 0.573 e. The molecule has 42 heavy (non-hydrogen) atoms. The average Bonchev–Trinajstić information content (AvgIpc) is 2.92. The molecule has 0 fully saturated rings. The first-order chi connectivity index (χ1) is 19.7. The number of nitrogens with two attached hydrogens (primary N) is 1. The van der Waals surface area contributed by atoms with Crippen molar-refractivity contribution in [2.45, 2.75) is 24.2 Å². The highest BCUT2D eigenvalue weighted by molar-refractivity contribution is 7.89. The van der Waals surface area contributed by atoms with Gasteiger partial charge in [-0.15, -0.1) is 13.2 Å². The molecule has 0 aliphatic rings. The first-order valence-corrected chi connectivity index (χ1v) is 14.0. The molecule has 15 heteroatoms. The van der Waals surface area contributed by atoms with Gasteiger partial charge in [-0.25, -0.2) is 23.2 Å². The molecular weight excluding hydrogens is 599 g/mol. The number of hydrogen-bond acceptors (Lipinski definition) is 9. The second-order valence-electron chi connectivity index (χ2n) is 9.10. The predicted molar refractivity (Wildman–Crippen MR) is 151 cm³/mol. The maximum absolute atomic E-state index is 13.4. The van der Waals surface area contributed by atoms with Crippen molar-refractivity contribution in [1.82, 2.24) is 14.3 Å². The van der Waals surface area contributed by atoms with Crippen molar-refractivity contribution >= 4 is 50.0 Å². The van der Waals surface area contributed by atoms with E-state index in [9.17, 15) is 26.4 Å². The number of nitrogens with zero attached hydrogens (tertiary/aromatic N) is 3. The van der Waals surface area contributed by atoms with E-state index in [1.807, 2.05) is 0 Å². The molecule has 0 radical (unpaired) electrons. The summed E-state index contributed by atoms with van der Waals surface area (Å²) in [6.07, 6.45) is -4.97. The van der Waals surface area contributed by atoms with Crippen LogP contribution in [0.3, 0.4) is 0 Å². The fourth-order valence-corrected chi connectivity index (χ4v) is 5.58. The van der Waals surface area contributed by atoms with Gasteiger partial charge in [0.15, 0.2) is 0 Å². The van der Waals surface area contributed by atoms with Gasteiger partial charge in [-0.3, -0.25) is 0 Å². The lowest BCUT2D eigenvalue weighted by Crippen LogP contribution is -2.34. The fourth-order valence-electron chi connectivity index (χ4n) is 4.16. The summed E-state index contributed by atoms with van der Waals surface area (Å²) in [5.41, 5.74) is 6.86. The Morgan fingerprint density at radius 3 is 2.43 bits per heavy atom. The topological polar surface area (TPSA) is 137 Å². The van der Waals surface area contributed by atoms with Crippen LogP contribution in [-0.2, 0) is 14.8 Å². The molecule has 10 nitrogen and oxygen atoms in total. The number of anilines is 2. The van der Waals surface area contributed by atoms with Crippen molar-refractivity contribution in [2.24, 2.45) is 0 Å². The molecule has 0 unspecified atom stereocenters. The molecule has 4 rings (SSSR count). The Morgan fingerprint density at radius 2 is 1.81 bits per heavy atom. The number of fused-ring (bicyclic) bond motifs is 1. The fraction of sp³-hybridized carbons (Fsp3) is 0.222. The Labute approximate surface area is 244 Å². The van der Waals surface area contributed by atoms with E-state index in [1.54, 1.807) is 19.1 Å². The van der Waals surface area contributed by atoms with Crippen LogP contribution in [0.25, 0.3) is 10.9 Å². The zero-order valence-corrected chi connectivity index (χ0v) is 24.0. The van der Waals surface area contributed by atoms with E-state index in [1.165, 1.54) is 56.6 Å². The third-order valence-electron chi connectivity index (χ3n) is 6.17. The van der Waals surface area contributed by atoms with E-state index >= 15 is 0 Å². The summed E-state index contributed by atoms with van der Waals surface area (Å²) in [6, 6.07) is 13.1. The molecular formula is C27H25ClF3N5O5S. The van der Waals surface area contributed by atoms with Gasteiger partial charge in [0.2, 0.25) is 10.0 Å². The monoisotopic (exact) mass is 623 g/mol. The van der Waals surface area contributed by atoms with Crippen LogP contribution in [0.1, 0.15) is 27.8 Å². The van der Waals surface area contributed by atoms with E-state index in [2.05, 4.69) is 20.0 Å². The van der Waals surface area contributed by atoms with Gasteiger partial charge in [-0.05, 0) is 61.0 Å². The maximum atomic E-state index is 13.4. The standard InChI is InChI=1S/C27H25ClF3N5O5S/c1-15-33-24-19(5-4-6-20(24)26(37)40-3)25(34-15)35-22(16-7-12-23(21(28)13-16)41-27(29,30)31)14-36(2)42(38,39)18-10-8-17(32)9-11-18/h4-13,22H,14,32H2,1-3H3,(H,33,34,35)/t22-/m1/s1. The number of esters is 1. The quantitative estimate of drug-likeness (QED) is 0.187. The minimum atomic E-state index is -4.97. The van der Waals surface area contributed by atoms with Crippen LogP contribution in [0.15, 0.2) is 65.6 Å². The highest BCUT2D eigenvalue weighted by atomic mass is 35.5. The van der Waals surface area contributed by atoms with Crippen molar-refractivity contribution < 1.29 is 35.9 Å². The van der Waals surface area contributed by atoms with Gasteiger partial charge >= 0.3 is 12.3 Å². The van der Waals surface area contributed by atoms with E-state index in [-0.39, 0.29) is 39.2 Å². The SMILES string of the molecule is COC(=O)c1cccc2c(N[C@H](CN(C)S(=O)(=O)c3ccc(N)cc3)c3ccc(OC(F)(F)F)c(Cl)c3)nc(C)nc12. The number of likely N-dealkylation sites (N-methyl/N-ethyl adjacent to an activating group) is 1. The number of nitrogen functional groups attached to an aromatic ring is 1. The van der Waals surface area contributed by atoms with Crippen molar-refractivity contribution in [3.63, 3.8) is 0 Å². The van der Waals surface area contributed by atoms with Gasteiger partial charge in [0.25, 0.3) is 0 Å². The minimum absolute atomic E-state index is 0.0176. The van der Waals surface area contributed by atoms with Crippen molar-refractivity contribution in [3.05, 3.63) is 82.6 Å². The Balaban J connectivity index is 1.79. The van der Waals surface area contributed by atoms with Crippen LogP contribution in [0.5, 0.6) is 5.75 Å². The van der Waals surface area contributed by atoms with Gasteiger partial charge in [-0.2, -0.15) is 4.31 Å². The summed E-state index contributed by atoms with van der Waals surface area (Å²) in [7, 11) is -1.45. The number of nitrogens with one attached hydrogen (secondary N) is 1. The molecule has 222 valence electrons. The van der Waals surface area contributed by atoms with E-state index < -0.39 is 34.1 Å². The summed E-state index contributed by atoms with van der Waals surface area (Å²) in [6.45, 7) is 1.38. The molecule has 0 saturated carbocycles. The molecule has 0 aliphatic carbocycles. The van der Waals surface area contributed by atoms with E-state index in [0.29, 0.717) is 16.6 Å². The molecule has 0 spiro atoms. The number of halogens is 4. The number of carbonyl (C=O) groups excluding carboxylic acids is 1. The first kappa shape index (κ1) is 30.8. The summed E-state index contributed by atoms with van der Waals surface area (Å²) in [5, 5.41) is 3.24. The number of aryl methyl sites for hydroxylation is 1. The second kappa shape index (κ2) is 12.0. The molecule has 3 N–H and O–H groups in total. The Bertz CT molecular complexity index is 1740. The Kier molecular flexibility index (Phi) is 8.80. The Hall–Kier alpha value is -4.14. The van der Waals surface area contributed by atoms with Gasteiger partial charge in [0.1, 0.15) is 17.4 Å². The van der Waals surface area contributed by atoms with Crippen LogP contribution in [-0.4, -0.2) is 55.7 Å². The number of alkyl halides is 3. The molecule has 0 aliphatic heterocycles. The zero-order chi connectivity index (χ0) is 30.8. The summed E-state index contributed by atoms with van der Waals surface area (Å²) >= 11 is 6.14. The molecule has 1 atom stereocenters. The predicted octanol–water partition coefficient (Wildman–Crippen LogP) is 5.33. The molecule has 3 aromatic carbocycles. The van der Waals surface area contributed by atoms with Gasteiger partial charge in [-0.1, -0.05) is 23.7 Å². The number of aromatic nitrogens is 2. The summed E-state index contributed by atoms with van der Waals surface area (Å²) in [4.78, 5) is 21.2. The number of methoxy groups -OCH3 is 1. The van der Waals surface area contributed by atoms with Gasteiger partial charge in [0, 0.05) is 24.7 Å². The lowest BCUT2D eigenvalue weighted by atomic mass is 10.1. The number of ether oxygens (including phenoxy) is 2. The van der Waals surface area contributed by atoms with Crippen LogP contribution >= 0.6 is 11.6 Å². The molecule has 0 saturated heterocycles. The van der Waals surface area contributed by atoms with Crippen LogP contribution in [0.4, 0.5) is 24.7 Å². The highest BCUT2D eigenvalue weighted by Gasteiger charge is 2.32. The van der Waals surface area contributed by atoms with Crippen molar-refractivity contribution in [2.75, 3.05) is 31.8 Å². The average molecular weight is 624 g/mol. The first-order valence-electron chi connectivity index (χ1n) is 12.2. The summed E-state index contributed by atoms with van der Waals surface area (Å²) < 4.78 is 75.2. The lowest BCUT2D eigenvalue weighted by molar-refractivity contribution is -0.274. The van der Waals surface area contributed by atoms with Crippen LogP contribution in [0.2, 0.25) is 5.02 Å². The van der Waals surface area contributed by atoms with Crippen LogP contribution < -0.4 is 15.8 Å². The number of benzene rings is 3.